The average Bonchev–Trinajstić information content (AvgIpc) is 3.37. The first-order valence-electron chi connectivity index (χ1n) is 10.2. The number of fused-ring (bicyclic) bond motifs is 2. The number of benzene rings is 1. The van der Waals surface area contributed by atoms with Gasteiger partial charge in [0.15, 0.2) is 6.10 Å². The van der Waals surface area contributed by atoms with Crippen molar-refractivity contribution in [1.29, 1.82) is 0 Å². The molecular weight excluding hydrogens is 404 g/mol. The van der Waals surface area contributed by atoms with Crippen LogP contribution in [0.1, 0.15) is 24.3 Å². The molecule has 0 saturated carbocycles. The number of ether oxygens (including phenoxy) is 1. The Hall–Kier alpha value is -2.61. The van der Waals surface area contributed by atoms with Crippen molar-refractivity contribution in [3.05, 3.63) is 46.7 Å². The standard InChI is InChI=1S/C22H23ClN4O3/c1-12(28)18-11-17-15(2-3-25-21(17)26-18)16-10-14(23)8-13-9-19(30-20(13)16)22(29)27-6-4-24-5-7-27/h2-3,8,10-12,19,24,28H,4-7,9H2,1H3,(H,25,26)/t12-,19-/m0/s1. The fourth-order valence-electron chi connectivity index (χ4n) is 4.26. The van der Waals surface area contributed by atoms with Gasteiger partial charge in [0.2, 0.25) is 0 Å². The highest BCUT2D eigenvalue weighted by Crippen LogP contribution is 2.43. The summed E-state index contributed by atoms with van der Waals surface area (Å²) < 4.78 is 6.22. The number of piperazine rings is 1. The van der Waals surface area contributed by atoms with E-state index in [0.717, 1.165) is 35.2 Å². The summed E-state index contributed by atoms with van der Waals surface area (Å²) in [6.45, 7) is 4.70. The zero-order chi connectivity index (χ0) is 20.8. The smallest absolute Gasteiger partial charge is 0.264 e. The quantitative estimate of drug-likeness (QED) is 0.599. The summed E-state index contributed by atoms with van der Waals surface area (Å²) in [6.07, 6.45) is 1.05. The highest BCUT2D eigenvalue weighted by molar-refractivity contribution is 6.31. The van der Waals surface area contributed by atoms with Crippen LogP contribution in [0, 0.1) is 0 Å². The minimum absolute atomic E-state index is 0.0210. The molecule has 1 aromatic carbocycles. The summed E-state index contributed by atoms with van der Waals surface area (Å²) in [5.74, 6) is 0.716. The fraction of sp³-hybridized carbons (Fsp3) is 0.364. The molecule has 7 nitrogen and oxygen atoms in total. The van der Waals surface area contributed by atoms with Crippen LogP contribution in [-0.2, 0) is 11.2 Å². The van der Waals surface area contributed by atoms with Crippen molar-refractivity contribution in [2.45, 2.75) is 25.6 Å². The van der Waals surface area contributed by atoms with Crippen LogP contribution in [0.15, 0.2) is 30.5 Å². The first-order chi connectivity index (χ1) is 14.5. The molecule has 3 aromatic rings. The predicted octanol–water partition coefficient (Wildman–Crippen LogP) is 2.67. The van der Waals surface area contributed by atoms with Gasteiger partial charge >= 0.3 is 0 Å². The lowest BCUT2D eigenvalue weighted by Gasteiger charge is -2.29. The first kappa shape index (κ1) is 19.4. The summed E-state index contributed by atoms with van der Waals surface area (Å²) in [4.78, 5) is 22.4. The highest BCUT2D eigenvalue weighted by atomic mass is 35.5. The van der Waals surface area contributed by atoms with Crippen LogP contribution >= 0.6 is 11.6 Å². The Morgan fingerprint density at radius 2 is 2.10 bits per heavy atom. The maximum absolute atomic E-state index is 13.0. The van der Waals surface area contributed by atoms with Gasteiger partial charge in [0, 0.05) is 66.0 Å². The van der Waals surface area contributed by atoms with Gasteiger partial charge in [-0.1, -0.05) is 11.6 Å². The molecule has 0 unspecified atom stereocenters. The van der Waals surface area contributed by atoms with Crippen LogP contribution in [-0.4, -0.2) is 58.2 Å². The molecule has 1 saturated heterocycles. The largest absolute Gasteiger partial charge is 0.479 e. The molecule has 2 aromatic heterocycles. The number of nitrogens with one attached hydrogen (secondary N) is 2. The molecule has 4 heterocycles. The summed E-state index contributed by atoms with van der Waals surface area (Å²) in [5, 5.41) is 14.7. The number of nitrogens with zero attached hydrogens (tertiary/aromatic N) is 2. The number of aliphatic hydroxyl groups excluding tert-OH is 1. The van der Waals surface area contributed by atoms with E-state index < -0.39 is 12.2 Å². The third-order valence-corrected chi connectivity index (χ3v) is 6.01. The molecule has 0 aliphatic carbocycles. The zero-order valence-corrected chi connectivity index (χ0v) is 17.4. The molecular formula is C22H23ClN4O3. The van der Waals surface area contributed by atoms with Crippen molar-refractivity contribution in [2.24, 2.45) is 0 Å². The van der Waals surface area contributed by atoms with Gasteiger partial charge in [0.25, 0.3) is 5.91 Å². The zero-order valence-electron chi connectivity index (χ0n) is 16.6. The number of hydrogen-bond donors (Lipinski definition) is 3. The average molecular weight is 427 g/mol. The first-order valence-corrected chi connectivity index (χ1v) is 10.5. The number of H-pyrrole nitrogens is 1. The van der Waals surface area contributed by atoms with E-state index >= 15 is 0 Å². The van der Waals surface area contributed by atoms with E-state index in [1.54, 1.807) is 13.1 Å². The Morgan fingerprint density at radius 3 is 2.87 bits per heavy atom. The molecule has 2 aliphatic rings. The van der Waals surface area contributed by atoms with Crippen LogP contribution < -0.4 is 10.1 Å². The summed E-state index contributed by atoms with van der Waals surface area (Å²) in [5.41, 5.74) is 4.04. The summed E-state index contributed by atoms with van der Waals surface area (Å²) >= 11 is 6.44. The van der Waals surface area contributed by atoms with Gasteiger partial charge in [-0.25, -0.2) is 4.98 Å². The molecule has 8 heteroatoms. The molecule has 1 amide bonds. The van der Waals surface area contributed by atoms with Crippen molar-refractivity contribution < 1.29 is 14.6 Å². The number of aromatic nitrogens is 2. The second kappa shape index (κ2) is 7.58. The van der Waals surface area contributed by atoms with Crippen molar-refractivity contribution in [1.82, 2.24) is 20.2 Å². The molecule has 3 N–H and O–H groups in total. The van der Waals surface area contributed by atoms with E-state index in [1.807, 2.05) is 29.2 Å². The molecule has 1 fully saturated rings. The summed E-state index contributed by atoms with van der Waals surface area (Å²) in [6, 6.07) is 7.54. The van der Waals surface area contributed by atoms with E-state index in [0.29, 0.717) is 41.6 Å². The lowest BCUT2D eigenvalue weighted by Crippen LogP contribution is -2.50. The molecule has 2 aliphatic heterocycles. The lowest BCUT2D eigenvalue weighted by molar-refractivity contribution is -0.138. The lowest BCUT2D eigenvalue weighted by atomic mass is 9.99. The molecule has 0 spiro atoms. The maximum Gasteiger partial charge on any atom is 0.264 e. The van der Waals surface area contributed by atoms with Gasteiger partial charge in [-0.3, -0.25) is 4.79 Å². The maximum atomic E-state index is 13.0. The van der Waals surface area contributed by atoms with E-state index in [-0.39, 0.29) is 5.91 Å². The number of hydrogen-bond acceptors (Lipinski definition) is 5. The van der Waals surface area contributed by atoms with Crippen LogP contribution in [0.2, 0.25) is 5.02 Å². The Kier molecular flexibility index (Phi) is 4.89. The predicted molar refractivity (Wildman–Crippen MR) is 115 cm³/mol. The third-order valence-electron chi connectivity index (χ3n) is 5.79. The fourth-order valence-corrected chi connectivity index (χ4v) is 4.50. The van der Waals surface area contributed by atoms with Gasteiger partial charge in [-0.05, 0) is 36.8 Å². The van der Waals surface area contributed by atoms with Crippen molar-refractivity contribution >= 4 is 28.5 Å². The van der Waals surface area contributed by atoms with Crippen molar-refractivity contribution in [3.8, 4) is 16.9 Å². The molecule has 5 rings (SSSR count). The Balaban J connectivity index is 1.54. The molecule has 156 valence electrons. The normalized spacial score (nSPS) is 19.6. The Bertz CT molecular complexity index is 1120. The molecule has 0 radical (unpaired) electrons. The molecule has 30 heavy (non-hydrogen) atoms. The minimum atomic E-state index is -0.630. The second-order valence-corrected chi connectivity index (χ2v) is 8.29. The van der Waals surface area contributed by atoms with Crippen molar-refractivity contribution in [2.75, 3.05) is 26.2 Å². The van der Waals surface area contributed by atoms with Crippen LogP contribution in [0.3, 0.4) is 0 Å². The summed E-state index contributed by atoms with van der Waals surface area (Å²) in [7, 11) is 0. The second-order valence-electron chi connectivity index (χ2n) is 7.85. The van der Waals surface area contributed by atoms with Gasteiger partial charge < -0.3 is 25.0 Å². The highest BCUT2D eigenvalue weighted by Gasteiger charge is 2.35. The number of carbonyl (C=O) groups is 1. The van der Waals surface area contributed by atoms with Crippen molar-refractivity contribution in [3.63, 3.8) is 0 Å². The van der Waals surface area contributed by atoms with E-state index in [4.69, 9.17) is 16.3 Å². The number of aromatic amines is 1. The number of aliphatic hydroxyl groups is 1. The van der Waals surface area contributed by atoms with Gasteiger partial charge in [0.1, 0.15) is 11.4 Å². The number of rotatable bonds is 3. The SMILES string of the molecule is C[C@H](O)c1cc2c(-c3cc(Cl)cc4c3O[C@H](C(=O)N3CCNCC3)C4)ccnc2[nH]1. The third kappa shape index (κ3) is 3.33. The van der Waals surface area contributed by atoms with Gasteiger partial charge in [0.05, 0.1) is 6.10 Å². The number of halogens is 1. The Labute approximate surface area is 179 Å². The molecule has 0 bridgehead atoms. The van der Waals surface area contributed by atoms with Crippen LogP contribution in [0.5, 0.6) is 5.75 Å². The molecule has 2 atom stereocenters. The van der Waals surface area contributed by atoms with E-state index in [9.17, 15) is 9.90 Å². The Morgan fingerprint density at radius 1 is 1.30 bits per heavy atom. The number of amides is 1. The van der Waals surface area contributed by atoms with Crippen LogP contribution in [0.25, 0.3) is 22.2 Å². The van der Waals surface area contributed by atoms with Gasteiger partial charge in [-0.2, -0.15) is 0 Å². The number of pyridine rings is 1. The number of carbonyl (C=O) groups excluding carboxylic acids is 1. The van der Waals surface area contributed by atoms with E-state index in [2.05, 4.69) is 15.3 Å². The van der Waals surface area contributed by atoms with Crippen LogP contribution in [0.4, 0.5) is 0 Å². The monoisotopic (exact) mass is 426 g/mol. The van der Waals surface area contributed by atoms with E-state index in [1.165, 1.54) is 0 Å². The topological polar surface area (TPSA) is 90.5 Å². The minimum Gasteiger partial charge on any atom is -0.479 e. The van der Waals surface area contributed by atoms with Gasteiger partial charge in [-0.15, -0.1) is 0 Å².